The molecule has 0 amide bonds. The lowest BCUT2D eigenvalue weighted by Crippen LogP contribution is -2.33. The van der Waals surface area contributed by atoms with Gasteiger partial charge in [-0.1, -0.05) is 30.3 Å². The van der Waals surface area contributed by atoms with Crippen LogP contribution in [0, 0.1) is 0 Å². The molecule has 0 saturated carbocycles. The van der Waals surface area contributed by atoms with Crippen LogP contribution in [0.5, 0.6) is 0 Å². The fourth-order valence-corrected chi connectivity index (χ4v) is 0.757. The van der Waals surface area contributed by atoms with Crippen molar-refractivity contribution in [1.29, 1.82) is 0 Å². The molecule has 1 rings (SSSR count). The molecule has 0 saturated heterocycles. The van der Waals surface area contributed by atoms with Gasteiger partial charge in [-0.05, 0) is 5.56 Å². The molecule has 0 fully saturated rings. The van der Waals surface area contributed by atoms with E-state index in [0.29, 0.717) is 0 Å². The Morgan fingerprint density at radius 2 is 1.80 bits per heavy atom. The third-order valence-electron chi connectivity index (χ3n) is 1.34. The highest BCUT2D eigenvalue weighted by atomic mass is 15.3. The molecule has 3 nitrogen and oxygen atoms in total. The molecule has 54 valence electrons. The molecule has 0 aliphatic heterocycles. The molecule has 1 aromatic carbocycles. The Labute approximate surface area is 60.0 Å². The monoisotopic (exact) mass is 137 g/mol. The van der Waals surface area contributed by atoms with Gasteiger partial charge >= 0.3 is 0 Å². The molecule has 3 heteroatoms. The van der Waals surface area contributed by atoms with Crippen LogP contribution in [-0.4, -0.2) is 0 Å². The second-order valence-electron chi connectivity index (χ2n) is 2.06. The van der Waals surface area contributed by atoms with Crippen LogP contribution < -0.4 is 17.0 Å². The van der Waals surface area contributed by atoms with Gasteiger partial charge in [-0.15, -0.1) is 0 Å². The molecule has 1 aromatic rings. The highest BCUT2D eigenvalue weighted by Crippen LogP contribution is 2.03. The van der Waals surface area contributed by atoms with Crippen molar-refractivity contribution in [3.8, 4) is 0 Å². The number of nitrogens with one attached hydrogen (secondary N) is 1. The van der Waals surface area contributed by atoms with E-state index in [0.717, 1.165) is 5.56 Å². The minimum atomic E-state index is -0.263. The summed E-state index contributed by atoms with van der Waals surface area (Å²) >= 11 is 0. The first kappa shape index (κ1) is 7.21. The van der Waals surface area contributed by atoms with Crippen molar-refractivity contribution in [2.24, 2.45) is 11.6 Å². The van der Waals surface area contributed by atoms with Crippen molar-refractivity contribution in [3.05, 3.63) is 35.9 Å². The van der Waals surface area contributed by atoms with E-state index in [4.69, 9.17) is 11.6 Å². The zero-order valence-corrected chi connectivity index (χ0v) is 5.62. The molecule has 0 aliphatic rings. The smallest absolute Gasteiger partial charge is 0.0935 e. The molecule has 0 aliphatic carbocycles. The van der Waals surface area contributed by atoms with E-state index in [1.165, 1.54) is 0 Å². The van der Waals surface area contributed by atoms with Crippen LogP contribution >= 0.6 is 0 Å². The van der Waals surface area contributed by atoms with E-state index in [2.05, 4.69) is 5.43 Å². The maximum Gasteiger partial charge on any atom is 0.0935 e. The van der Waals surface area contributed by atoms with Crippen LogP contribution in [0.2, 0.25) is 0 Å². The number of hydrazine groups is 1. The van der Waals surface area contributed by atoms with Gasteiger partial charge in [-0.3, -0.25) is 5.84 Å². The largest absolute Gasteiger partial charge is 0.311 e. The second-order valence-corrected chi connectivity index (χ2v) is 2.06. The lowest BCUT2D eigenvalue weighted by molar-refractivity contribution is 0.577. The Hall–Kier alpha value is -0.900. The highest BCUT2D eigenvalue weighted by molar-refractivity contribution is 5.17. The summed E-state index contributed by atoms with van der Waals surface area (Å²) < 4.78 is 0. The molecule has 0 heterocycles. The summed E-state index contributed by atoms with van der Waals surface area (Å²) in [6.07, 6.45) is -0.263. The molecule has 5 N–H and O–H groups in total. The van der Waals surface area contributed by atoms with Gasteiger partial charge in [0.2, 0.25) is 0 Å². The van der Waals surface area contributed by atoms with Gasteiger partial charge in [0.05, 0.1) is 6.17 Å². The van der Waals surface area contributed by atoms with Crippen molar-refractivity contribution < 1.29 is 0 Å². The summed E-state index contributed by atoms with van der Waals surface area (Å²) in [7, 11) is 0. The van der Waals surface area contributed by atoms with E-state index in [-0.39, 0.29) is 6.17 Å². The van der Waals surface area contributed by atoms with Gasteiger partial charge in [0.25, 0.3) is 0 Å². The standard InChI is InChI=1S/C7H11N3/c8-7(10-9)6-4-2-1-3-5-6/h1-5,7,10H,8-9H2. The van der Waals surface area contributed by atoms with Crippen molar-refractivity contribution in [2.75, 3.05) is 0 Å². The van der Waals surface area contributed by atoms with Crippen molar-refractivity contribution in [1.82, 2.24) is 5.43 Å². The molecule has 0 radical (unpaired) electrons. The summed E-state index contributed by atoms with van der Waals surface area (Å²) in [6, 6.07) is 9.63. The predicted molar refractivity (Wildman–Crippen MR) is 40.7 cm³/mol. The average Bonchev–Trinajstić information content (AvgIpc) is 2.05. The van der Waals surface area contributed by atoms with Gasteiger partial charge in [-0.25, -0.2) is 5.43 Å². The number of rotatable bonds is 2. The van der Waals surface area contributed by atoms with E-state index >= 15 is 0 Å². The van der Waals surface area contributed by atoms with Crippen molar-refractivity contribution in [2.45, 2.75) is 6.17 Å². The van der Waals surface area contributed by atoms with E-state index in [1.807, 2.05) is 30.3 Å². The maximum absolute atomic E-state index is 5.56. The fourth-order valence-electron chi connectivity index (χ4n) is 0.757. The minimum Gasteiger partial charge on any atom is -0.311 e. The maximum atomic E-state index is 5.56. The van der Waals surface area contributed by atoms with Crippen LogP contribution in [0.1, 0.15) is 11.7 Å². The van der Waals surface area contributed by atoms with E-state index in [1.54, 1.807) is 0 Å². The Morgan fingerprint density at radius 3 is 2.30 bits per heavy atom. The van der Waals surface area contributed by atoms with E-state index < -0.39 is 0 Å². The molecule has 10 heavy (non-hydrogen) atoms. The van der Waals surface area contributed by atoms with Crippen LogP contribution in [0.4, 0.5) is 0 Å². The Balaban J connectivity index is 2.75. The Bertz CT molecular complexity index is 185. The quantitative estimate of drug-likeness (QED) is 0.308. The topological polar surface area (TPSA) is 64.1 Å². The molecular formula is C7H11N3. The summed E-state index contributed by atoms with van der Waals surface area (Å²) in [6.45, 7) is 0. The lowest BCUT2D eigenvalue weighted by Gasteiger charge is -2.08. The normalized spacial score (nSPS) is 13.0. The summed E-state index contributed by atoms with van der Waals surface area (Å²) in [5.41, 5.74) is 9.01. The van der Waals surface area contributed by atoms with Crippen LogP contribution in [0.15, 0.2) is 30.3 Å². The molecule has 0 spiro atoms. The highest BCUT2D eigenvalue weighted by Gasteiger charge is 1.98. The van der Waals surface area contributed by atoms with Crippen molar-refractivity contribution in [3.63, 3.8) is 0 Å². The van der Waals surface area contributed by atoms with E-state index in [9.17, 15) is 0 Å². The number of hydrogen-bond donors (Lipinski definition) is 3. The number of hydrogen-bond acceptors (Lipinski definition) is 3. The average molecular weight is 137 g/mol. The summed E-state index contributed by atoms with van der Waals surface area (Å²) in [5.74, 6) is 5.13. The number of nitrogens with two attached hydrogens (primary N) is 2. The first-order valence-corrected chi connectivity index (χ1v) is 3.11. The first-order valence-electron chi connectivity index (χ1n) is 3.11. The van der Waals surface area contributed by atoms with Crippen LogP contribution in [0.25, 0.3) is 0 Å². The predicted octanol–water partition coefficient (Wildman–Crippen LogP) is 0.107. The Kier molecular flexibility index (Phi) is 2.39. The SMILES string of the molecule is NNC(N)c1ccccc1. The summed E-state index contributed by atoms with van der Waals surface area (Å²) in [5, 5.41) is 0. The molecule has 0 bridgehead atoms. The number of benzene rings is 1. The van der Waals surface area contributed by atoms with Crippen molar-refractivity contribution >= 4 is 0 Å². The first-order chi connectivity index (χ1) is 4.84. The second kappa shape index (κ2) is 3.31. The molecule has 0 aromatic heterocycles. The zero-order chi connectivity index (χ0) is 7.40. The van der Waals surface area contributed by atoms with Crippen LogP contribution in [-0.2, 0) is 0 Å². The van der Waals surface area contributed by atoms with Gasteiger partial charge in [0, 0.05) is 0 Å². The van der Waals surface area contributed by atoms with Gasteiger partial charge in [0.15, 0.2) is 0 Å². The van der Waals surface area contributed by atoms with Gasteiger partial charge in [-0.2, -0.15) is 0 Å². The molecule has 1 unspecified atom stereocenters. The van der Waals surface area contributed by atoms with Gasteiger partial charge in [0.1, 0.15) is 0 Å². The summed E-state index contributed by atoms with van der Waals surface area (Å²) in [4.78, 5) is 0. The third kappa shape index (κ3) is 1.54. The molecule has 1 atom stereocenters. The minimum absolute atomic E-state index is 0.263. The van der Waals surface area contributed by atoms with Crippen LogP contribution in [0.3, 0.4) is 0 Å². The third-order valence-corrected chi connectivity index (χ3v) is 1.34. The Morgan fingerprint density at radius 1 is 1.20 bits per heavy atom. The lowest BCUT2D eigenvalue weighted by atomic mass is 10.2. The zero-order valence-electron chi connectivity index (χ0n) is 5.62. The fraction of sp³-hybridized carbons (Fsp3) is 0.143. The molecular weight excluding hydrogens is 126 g/mol. The van der Waals surface area contributed by atoms with Gasteiger partial charge < -0.3 is 5.73 Å².